The predicted molar refractivity (Wildman–Crippen MR) is 105 cm³/mol. The van der Waals surface area contributed by atoms with Gasteiger partial charge in [0.1, 0.15) is 17.2 Å². The molecule has 1 unspecified atom stereocenters. The van der Waals surface area contributed by atoms with Crippen molar-refractivity contribution in [2.24, 2.45) is 0 Å². The Kier molecular flexibility index (Phi) is 4.77. The number of ether oxygens (including phenoxy) is 1. The first-order valence-electron chi connectivity index (χ1n) is 9.08. The number of nitrogens with zero attached hydrogens (tertiary/aromatic N) is 4. The van der Waals surface area contributed by atoms with Crippen LogP contribution in [0.1, 0.15) is 12.8 Å². The van der Waals surface area contributed by atoms with E-state index in [0.29, 0.717) is 23.0 Å². The topological polar surface area (TPSA) is 83.4 Å². The highest BCUT2D eigenvalue weighted by Crippen LogP contribution is 2.36. The summed E-state index contributed by atoms with van der Waals surface area (Å²) in [5.74, 6) is 1.43. The molecule has 3 aromatic rings. The maximum Gasteiger partial charge on any atom is 0.158 e. The number of pyridine rings is 1. The summed E-state index contributed by atoms with van der Waals surface area (Å²) in [4.78, 5) is 6.58. The van der Waals surface area contributed by atoms with Crippen LogP contribution in [-0.2, 0) is 0 Å². The number of methoxy groups -OCH3 is 1. The molecule has 0 radical (unpaired) electrons. The van der Waals surface area contributed by atoms with E-state index >= 15 is 0 Å². The molecule has 1 aliphatic rings. The Morgan fingerprint density at radius 3 is 2.89 bits per heavy atom. The number of aromatic hydroxyl groups is 1. The van der Waals surface area contributed by atoms with E-state index in [2.05, 4.69) is 32.4 Å². The summed E-state index contributed by atoms with van der Waals surface area (Å²) in [5.41, 5.74) is 1.24. The molecular weight excluding hydrogens is 342 g/mol. The molecule has 2 N–H and O–H groups in total. The SMILES string of the molecule is COc1ccc(-c2nnc(NC3CCCN(C)C3)c3cnccc23)c(O)c1. The van der Waals surface area contributed by atoms with Crippen LogP contribution in [0.15, 0.2) is 36.7 Å². The van der Waals surface area contributed by atoms with Gasteiger partial charge in [-0.1, -0.05) is 0 Å². The van der Waals surface area contributed by atoms with E-state index in [0.717, 1.165) is 42.5 Å². The number of fused-ring (bicyclic) bond motifs is 1. The molecule has 1 atom stereocenters. The van der Waals surface area contributed by atoms with Crippen molar-refractivity contribution in [2.45, 2.75) is 18.9 Å². The Balaban J connectivity index is 1.74. The lowest BCUT2D eigenvalue weighted by molar-refractivity contribution is 0.261. The fraction of sp³-hybridized carbons (Fsp3) is 0.350. The van der Waals surface area contributed by atoms with Gasteiger partial charge in [0.05, 0.1) is 7.11 Å². The zero-order chi connectivity index (χ0) is 18.8. The van der Waals surface area contributed by atoms with Crippen LogP contribution in [0.3, 0.4) is 0 Å². The van der Waals surface area contributed by atoms with Gasteiger partial charge in [-0.3, -0.25) is 4.98 Å². The molecule has 1 fully saturated rings. The molecule has 0 saturated carbocycles. The van der Waals surface area contributed by atoms with Gasteiger partial charge < -0.3 is 20.1 Å². The van der Waals surface area contributed by atoms with Crippen LogP contribution >= 0.6 is 0 Å². The lowest BCUT2D eigenvalue weighted by atomic mass is 10.0. The standard InChI is InChI=1S/C20H23N5O2/c1-25-9-3-4-13(12-25)22-20-17-11-21-8-7-15(17)19(23-24-20)16-6-5-14(27-2)10-18(16)26/h5-8,10-11,13,26H,3-4,9,12H2,1-2H3,(H,22,24). The molecule has 0 aliphatic carbocycles. The zero-order valence-electron chi connectivity index (χ0n) is 15.5. The summed E-state index contributed by atoms with van der Waals surface area (Å²) >= 11 is 0. The zero-order valence-corrected chi connectivity index (χ0v) is 15.5. The van der Waals surface area contributed by atoms with Crippen molar-refractivity contribution in [1.82, 2.24) is 20.1 Å². The number of phenols is 1. The second kappa shape index (κ2) is 7.36. The Morgan fingerprint density at radius 1 is 1.22 bits per heavy atom. The summed E-state index contributed by atoms with van der Waals surface area (Å²) in [6, 6.07) is 7.41. The molecule has 2 aromatic heterocycles. The van der Waals surface area contributed by atoms with Crippen LogP contribution in [-0.4, -0.2) is 58.5 Å². The number of hydrogen-bond donors (Lipinski definition) is 2. The number of anilines is 1. The molecule has 0 bridgehead atoms. The van der Waals surface area contributed by atoms with E-state index in [-0.39, 0.29) is 5.75 Å². The number of aromatic nitrogens is 3. The third-order valence-corrected chi connectivity index (χ3v) is 5.01. The highest BCUT2D eigenvalue weighted by Gasteiger charge is 2.20. The molecular formula is C20H23N5O2. The van der Waals surface area contributed by atoms with Crippen LogP contribution < -0.4 is 10.1 Å². The van der Waals surface area contributed by atoms with Crippen LogP contribution in [0, 0.1) is 0 Å². The van der Waals surface area contributed by atoms with Gasteiger partial charge in [-0.25, -0.2) is 0 Å². The van der Waals surface area contributed by atoms with Crippen molar-refractivity contribution in [1.29, 1.82) is 0 Å². The summed E-state index contributed by atoms with van der Waals surface area (Å²) < 4.78 is 5.17. The van der Waals surface area contributed by atoms with Crippen LogP contribution in [0.5, 0.6) is 11.5 Å². The number of piperidine rings is 1. The largest absolute Gasteiger partial charge is 0.507 e. The maximum absolute atomic E-state index is 10.4. The summed E-state index contributed by atoms with van der Waals surface area (Å²) in [7, 11) is 3.70. The second-order valence-corrected chi connectivity index (χ2v) is 6.95. The molecule has 27 heavy (non-hydrogen) atoms. The lowest BCUT2D eigenvalue weighted by Gasteiger charge is -2.30. The van der Waals surface area contributed by atoms with Gasteiger partial charge in [0, 0.05) is 47.4 Å². The Bertz CT molecular complexity index is 962. The Hall–Kier alpha value is -2.93. The van der Waals surface area contributed by atoms with Crippen molar-refractivity contribution >= 4 is 16.6 Å². The Labute approximate surface area is 158 Å². The highest BCUT2D eigenvalue weighted by atomic mass is 16.5. The predicted octanol–water partition coefficient (Wildman–Crippen LogP) is 2.91. The number of nitrogens with one attached hydrogen (secondary N) is 1. The molecule has 1 aliphatic heterocycles. The normalized spacial score (nSPS) is 17.8. The Morgan fingerprint density at radius 2 is 2.11 bits per heavy atom. The minimum absolute atomic E-state index is 0.108. The van der Waals surface area contributed by atoms with E-state index < -0.39 is 0 Å². The van der Waals surface area contributed by atoms with Gasteiger partial charge >= 0.3 is 0 Å². The van der Waals surface area contributed by atoms with Gasteiger partial charge in [0.2, 0.25) is 0 Å². The first-order chi connectivity index (χ1) is 13.2. The lowest BCUT2D eigenvalue weighted by Crippen LogP contribution is -2.40. The van der Waals surface area contributed by atoms with E-state index in [1.807, 2.05) is 6.07 Å². The van der Waals surface area contributed by atoms with Crippen molar-refractivity contribution in [3.63, 3.8) is 0 Å². The maximum atomic E-state index is 10.4. The molecule has 1 aromatic carbocycles. The fourth-order valence-corrected chi connectivity index (χ4v) is 3.62. The minimum atomic E-state index is 0.108. The number of phenolic OH excluding ortho intramolecular Hbond substituents is 1. The highest BCUT2D eigenvalue weighted by molar-refractivity contribution is 6.00. The average molecular weight is 365 g/mol. The molecule has 4 rings (SSSR count). The number of rotatable bonds is 4. The molecule has 0 spiro atoms. The van der Waals surface area contributed by atoms with Crippen LogP contribution in [0.2, 0.25) is 0 Å². The monoisotopic (exact) mass is 365 g/mol. The van der Waals surface area contributed by atoms with E-state index in [9.17, 15) is 5.11 Å². The summed E-state index contributed by atoms with van der Waals surface area (Å²) in [5, 5.41) is 24.6. The number of hydrogen-bond acceptors (Lipinski definition) is 7. The van der Waals surface area contributed by atoms with Gasteiger partial charge in [0.15, 0.2) is 5.82 Å². The van der Waals surface area contributed by atoms with Crippen LogP contribution in [0.4, 0.5) is 5.82 Å². The quantitative estimate of drug-likeness (QED) is 0.735. The molecule has 140 valence electrons. The van der Waals surface area contributed by atoms with Crippen molar-refractivity contribution in [3.05, 3.63) is 36.7 Å². The van der Waals surface area contributed by atoms with E-state index in [1.165, 1.54) is 0 Å². The van der Waals surface area contributed by atoms with Crippen molar-refractivity contribution in [2.75, 3.05) is 32.6 Å². The first kappa shape index (κ1) is 17.5. The smallest absolute Gasteiger partial charge is 0.158 e. The van der Waals surface area contributed by atoms with Crippen LogP contribution in [0.25, 0.3) is 22.0 Å². The number of likely N-dealkylation sites (tertiary alicyclic amines) is 1. The van der Waals surface area contributed by atoms with Gasteiger partial charge in [-0.05, 0) is 44.6 Å². The van der Waals surface area contributed by atoms with Crippen molar-refractivity contribution in [3.8, 4) is 22.8 Å². The molecule has 7 heteroatoms. The first-order valence-corrected chi connectivity index (χ1v) is 9.08. The number of benzene rings is 1. The second-order valence-electron chi connectivity index (χ2n) is 6.95. The minimum Gasteiger partial charge on any atom is -0.507 e. The third-order valence-electron chi connectivity index (χ3n) is 5.01. The third kappa shape index (κ3) is 3.50. The average Bonchev–Trinajstić information content (AvgIpc) is 2.68. The van der Waals surface area contributed by atoms with Gasteiger partial charge in [-0.15, -0.1) is 10.2 Å². The van der Waals surface area contributed by atoms with E-state index in [4.69, 9.17) is 4.74 Å². The van der Waals surface area contributed by atoms with E-state index in [1.54, 1.807) is 37.7 Å². The molecule has 1 saturated heterocycles. The summed E-state index contributed by atoms with van der Waals surface area (Å²) in [6.07, 6.45) is 5.79. The summed E-state index contributed by atoms with van der Waals surface area (Å²) in [6.45, 7) is 2.10. The van der Waals surface area contributed by atoms with Gasteiger partial charge in [0.25, 0.3) is 0 Å². The van der Waals surface area contributed by atoms with Gasteiger partial charge in [-0.2, -0.15) is 0 Å². The van der Waals surface area contributed by atoms with Crippen molar-refractivity contribution < 1.29 is 9.84 Å². The number of likely N-dealkylation sites (N-methyl/N-ethyl adjacent to an activating group) is 1. The molecule has 0 amide bonds. The molecule has 3 heterocycles. The fourth-order valence-electron chi connectivity index (χ4n) is 3.62. The molecule has 7 nitrogen and oxygen atoms in total.